The number of hydrogen-bond donors (Lipinski definition) is 1. The molecule has 0 aromatic heterocycles. The second kappa shape index (κ2) is 4.47. The molecule has 2 nitrogen and oxygen atoms in total. The van der Waals surface area contributed by atoms with Crippen LogP contribution in [0.25, 0.3) is 0 Å². The SMILES string of the molecule is Cc1cccc([C@H](C)NC2=NCCC2)c1. The van der Waals surface area contributed by atoms with Crippen LogP contribution in [-0.4, -0.2) is 12.4 Å². The molecule has 0 saturated heterocycles. The van der Waals surface area contributed by atoms with Crippen LogP contribution in [0.2, 0.25) is 0 Å². The lowest BCUT2D eigenvalue weighted by Crippen LogP contribution is -2.24. The van der Waals surface area contributed by atoms with E-state index in [0.717, 1.165) is 13.0 Å². The molecule has 1 N–H and O–H groups in total. The Morgan fingerprint density at radius 3 is 2.93 bits per heavy atom. The first-order chi connectivity index (χ1) is 7.25. The summed E-state index contributed by atoms with van der Waals surface area (Å²) < 4.78 is 0. The van der Waals surface area contributed by atoms with Gasteiger partial charge >= 0.3 is 0 Å². The smallest absolute Gasteiger partial charge is 0.0968 e. The van der Waals surface area contributed by atoms with Gasteiger partial charge in [0.05, 0.1) is 5.84 Å². The van der Waals surface area contributed by atoms with Crippen LogP contribution in [0.15, 0.2) is 29.3 Å². The van der Waals surface area contributed by atoms with Crippen LogP contribution in [0.5, 0.6) is 0 Å². The topological polar surface area (TPSA) is 24.4 Å². The predicted octanol–water partition coefficient (Wildman–Crippen LogP) is 2.84. The van der Waals surface area contributed by atoms with Gasteiger partial charge in [0, 0.05) is 19.0 Å². The van der Waals surface area contributed by atoms with Crippen molar-refractivity contribution in [1.82, 2.24) is 5.32 Å². The van der Waals surface area contributed by atoms with Gasteiger partial charge in [-0.25, -0.2) is 0 Å². The van der Waals surface area contributed by atoms with Gasteiger partial charge in [0.2, 0.25) is 0 Å². The van der Waals surface area contributed by atoms with Crippen molar-refractivity contribution in [1.29, 1.82) is 0 Å². The zero-order chi connectivity index (χ0) is 10.7. The first-order valence-electron chi connectivity index (χ1n) is 5.62. The molecule has 1 aliphatic heterocycles. The van der Waals surface area contributed by atoms with Crippen molar-refractivity contribution >= 4 is 5.84 Å². The minimum atomic E-state index is 0.363. The van der Waals surface area contributed by atoms with Gasteiger partial charge in [-0.1, -0.05) is 29.8 Å². The number of aryl methyl sites for hydroxylation is 1. The Bertz CT molecular complexity index is 369. The third-order valence-corrected chi connectivity index (χ3v) is 2.80. The van der Waals surface area contributed by atoms with Crippen molar-refractivity contribution in [2.75, 3.05) is 6.54 Å². The summed E-state index contributed by atoms with van der Waals surface area (Å²) in [4.78, 5) is 4.43. The second-order valence-corrected chi connectivity index (χ2v) is 4.21. The molecule has 0 amide bonds. The van der Waals surface area contributed by atoms with Gasteiger partial charge in [-0.3, -0.25) is 4.99 Å². The molecule has 0 radical (unpaired) electrons. The molecule has 2 heteroatoms. The maximum atomic E-state index is 4.43. The molecule has 15 heavy (non-hydrogen) atoms. The van der Waals surface area contributed by atoms with Crippen molar-refractivity contribution < 1.29 is 0 Å². The maximum absolute atomic E-state index is 4.43. The molecule has 0 saturated carbocycles. The van der Waals surface area contributed by atoms with Crippen LogP contribution >= 0.6 is 0 Å². The van der Waals surface area contributed by atoms with Crippen LogP contribution in [0, 0.1) is 6.92 Å². The average molecular weight is 202 g/mol. The van der Waals surface area contributed by atoms with Crippen LogP contribution in [0.4, 0.5) is 0 Å². The number of benzene rings is 1. The predicted molar refractivity (Wildman–Crippen MR) is 64.3 cm³/mol. The van der Waals surface area contributed by atoms with Crippen molar-refractivity contribution in [2.45, 2.75) is 32.7 Å². The molecule has 1 aromatic rings. The Balaban J connectivity index is 2.04. The molecule has 2 rings (SSSR count). The number of aliphatic imine (C=N–C) groups is 1. The van der Waals surface area contributed by atoms with E-state index >= 15 is 0 Å². The Kier molecular flexibility index (Phi) is 3.05. The summed E-state index contributed by atoms with van der Waals surface area (Å²) in [6, 6.07) is 9.00. The Morgan fingerprint density at radius 2 is 2.27 bits per heavy atom. The van der Waals surface area contributed by atoms with Crippen LogP contribution in [0.1, 0.15) is 36.9 Å². The van der Waals surface area contributed by atoms with E-state index in [1.807, 2.05) is 0 Å². The third kappa shape index (κ3) is 2.58. The first-order valence-corrected chi connectivity index (χ1v) is 5.62. The number of amidine groups is 1. The van der Waals surface area contributed by atoms with Gasteiger partial charge < -0.3 is 5.32 Å². The van der Waals surface area contributed by atoms with E-state index in [4.69, 9.17) is 0 Å². The molecule has 1 aliphatic rings. The lowest BCUT2D eigenvalue weighted by molar-refractivity contribution is 0.708. The van der Waals surface area contributed by atoms with Crippen LogP contribution in [-0.2, 0) is 0 Å². The number of rotatable bonds is 2. The van der Waals surface area contributed by atoms with E-state index in [0.29, 0.717) is 6.04 Å². The summed E-state index contributed by atoms with van der Waals surface area (Å²) in [5, 5.41) is 3.47. The lowest BCUT2D eigenvalue weighted by Gasteiger charge is -2.15. The van der Waals surface area contributed by atoms with Gasteiger partial charge in [0.15, 0.2) is 0 Å². The summed E-state index contributed by atoms with van der Waals surface area (Å²) in [6.07, 6.45) is 2.30. The Hall–Kier alpha value is -1.31. The van der Waals surface area contributed by atoms with Gasteiger partial charge in [0.1, 0.15) is 0 Å². The van der Waals surface area contributed by atoms with Gasteiger partial charge in [0.25, 0.3) is 0 Å². The van der Waals surface area contributed by atoms with Crippen LogP contribution in [0.3, 0.4) is 0 Å². The summed E-state index contributed by atoms with van der Waals surface area (Å²) in [5.74, 6) is 1.17. The number of hydrogen-bond acceptors (Lipinski definition) is 2. The van der Waals surface area contributed by atoms with Crippen molar-refractivity contribution in [3.63, 3.8) is 0 Å². The molecule has 0 fully saturated rings. The zero-order valence-corrected chi connectivity index (χ0v) is 9.46. The van der Waals surface area contributed by atoms with E-state index in [2.05, 4.69) is 48.4 Å². The van der Waals surface area contributed by atoms with Crippen molar-refractivity contribution in [3.05, 3.63) is 35.4 Å². The molecule has 1 atom stereocenters. The highest BCUT2D eigenvalue weighted by Crippen LogP contribution is 2.15. The fourth-order valence-electron chi connectivity index (χ4n) is 1.93. The van der Waals surface area contributed by atoms with E-state index in [9.17, 15) is 0 Å². The van der Waals surface area contributed by atoms with Gasteiger partial charge in [-0.15, -0.1) is 0 Å². The fourth-order valence-corrected chi connectivity index (χ4v) is 1.93. The van der Waals surface area contributed by atoms with E-state index in [1.54, 1.807) is 0 Å². The van der Waals surface area contributed by atoms with Crippen molar-refractivity contribution in [2.24, 2.45) is 4.99 Å². The summed E-state index contributed by atoms with van der Waals surface area (Å²) >= 11 is 0. The molecule has 0 spiro atoms. The second-order valence-electron chi connectivity index (χ2n) is 4.21. The summed E-state index contributed by atoms with van der Waals surface area (Å²) in [6.45, 7) is 5.31. The summed E-state index contributed by atoms with van der Waals surface area (Å²) in [7, 11) is 0. The third-order valence-electron chi connectivity index (χ3n) is 2.80. The maximum Gasteiger partial charge on any atom is 0.0968 e. The monoisotopic (exact) mass is 202 g/mol. The minimum absolute atomic E-state index is 0.363. The average Bonchev–Trinajstić information content (AvgIpc) is 2.70. The Morgan fingerprint density at radius 1 is 1.40 bits per heavy atom. The number of nitrogens with one attached hydrogen (secondary N) is 1. The zero-order valence-electron chi connectivity index (χ0n) is 9.46. The lowest BCUT2D eigenvalue weighted by atomic mass is 10.1. The first kappa shape index (κ1) is 10.2. The molecule has 0 aliphatic carbocycles. The normalized spacial score (nSPS) is 17.3. The molecule has 1 aromatic carbocycles. The highest BCUT2D eigenvalue weighted by atomic mass is 15.0. The molecule has 1 heterocycles. The van der Waals surface area contributed by atoms with Gasteiger partial charge in [-0.05, 0) is 25.8 Å². The highest BCUT2D eigenvalue weighted by molar-refractivity contribution is 5.83. The van der Waals surface area contributed by atoms with Crippen molar-refractivity contribution in [3.8, 4) is 0 Å². The fraction of sp³-hybridized carbons (Fsp3) is 0.462. The van der Waals surface area contributed by atoms with E-state index in [-0.39, 0.29) is 0 Å². The van der Waals surface area contributed by atoms with Gasteiger partial charge in [-0.2, -0.15) is 0 Å². The van der Waals surface area contributed by atoms with E-state index in [1.165, 1.54) is 23.4 Å². The van der Waals surface area contributed by atoms with E-state index < -0.39 is 0 Å². The molecule has 80 valence electrons. The van der Waals surface area contributed by atoms with Crippen LogP contribution < -0.4 is 5.32 Å². The standard InChI is InChI=1S/C13H18N2/c1-10-5-3-6-12(9-10)11(2)15-13-7-4-8-14-13/h3,5-6,9,11H,4,7-8H2,1-2H3,(H,14,15)/t11-/m0/s1. The molecular formula is C13H18N2. The highest BCUT2D eigenvalue weighted by Gasteiger charge is 2.10. The number of nitrogens with zero attached hydrogens (tertiary/aromatic N) is 1. The largest absolute Gasteiger partial charge is 0.367 e. The minimum Gasteiger partial charge on any atom is -0.367 e. The summed E-state index contributed by atoms with van der Waals surface area (Å²) in [5.41, 5.74) is 2.65. The quantitative estimate of drug-likeness (QED) is 0.783. The molecular weight excluding hydrogens is 184 g/mol. The Labute approximate surface area is 91.4 Å². The molecule has 0 unspecified atom stereocenters. The molecule has 0 bridgehead atoms.